The van der Waals surface area contributed by atoms with E-state index in [9.17, 15) is 0 Å². The third-order valence-electron chi connectivity index (χ3n) is 3.01. The number of hydrogen-bond donors (Lipinski definition) is 1. The third-order valence-corrected chi connectivity index (χ3v) is 3.01. The van der Waals surface area contributed by atoms with Gasteiger partial charge >= 0.3 is 0 Å². The molecule has 1 rings (SSSR count). The Balaban J connectivity index is 3.04. The summed E-state index contributed by atoms with van der Waals surface area (Å²) in [5.74, 6) is 0.532. The zero-order valence-electron chi connectivity index (χ0n) is 13.0. The van der Waals surface area contributed by atoms with Gasteiger partial charge in [0.05, 0.1) is 0 Å². The molecule has 0 heterocycles. The van der Waals surface area contributed by atoms with Crippen molar-refractivity contribution in [3.05, 3.63) is 65.3 Å². The standard InChI is InChI=1S/C19H25N/c1-5-7-18(12-15(2)3)19-9-6-8-17(13-19)11-10-16(4)14-20/h5-10,12-15,20H,11H2,1-4H3/b7-5-,16-10-,18-12+,20-14?. The zero-order chi connectivity index (χ0) is 15.0. The quantitative estimate of drug-likeness (QED) is 0.524. The van der Waals surface area contributed by atoms with Crippen LogP contribution in [0.25, 0.3) is 5.57 Å². The second kappa shape index (κ2) is 8.31. The van der Waals surface area contributed by atoms with E-state index in [0.29, 0.717) is 5.92 Å². The highest BCUT2D eigenvalue weighted by molar-refractivity contribution is 5.75. The van der Waals surface area contributed by atoms with E-state index in [1.54, 1.807) is 0 Å². The normalized spacial score (nSPS) is 13.2. The van der Waals surface area contributed by atoms with Gasteiger partial charge in [0.25, 0.3) is 0 Å². The maximum absolute atomic E-state index is 7.21. The summed E-state index contributed by atoms with van der Waals surface area (Å²) in [6, 6.07) is 8.64. The Bertz CT molecular complexity index is 530. The van der Waals surface area contributed by atoms with Crippen molar-refractivity contribution < 1.29 is 0 Å². The first-order chi connectivity index (χ1) is 9.56. The number of benzene rings is 1. The molecule has 20 heavy (non-hydrogen) atoms. The highest BCUT2D eigenvalue weighted by Gasteiger charge is 2.01. The molecule has 1 aromatic carbocycles. The number of allylic oxidation sites excluding steroid dienone is 6. The van der Waals surface area contributed by atoms with Crippen LogP contribution in [0.3, 0.4) is 0 Å². The van der Waals surface area contributed by atoms with Crippen LogP contribution in [-0.2, 0) is 6.42 Å². The summed E-state index contributed by atoms with van der Waals surface area (Å²) in [5, 5.41) is 7.21. The summed E-state index contributed by atoms with van der Waals surface area (Å²) in [6.07, 6.45) is 10.9. The van der Waals surface area contributed by atoms with Crippen molar-refractivity contribution in [3.63, 3.8) is 0 Å². The molecule has 0 aliphatic heterocycles. The molecule has 0 atom stereocenters. The van der Waals surface area contributed by atoms with E-state index in [0.717, 1.165) is 12.0 Å². The fraction of sp³-hybridized carbons (Fsp3) is 0.316. The van der Waals surface area contributed by atoms with Crippen molar-refractivity contribution in [3.8, 4) is 0 Å². The fourth-order valence-electron chi connectivity index (χ4n) is 2.00. The molecule has 0 aromatic heterocycles. The maximum atomic E-state index is 7.21. The average Bonchev–Trinajstić information content (AvgIpc) is 2.44. The Labute approximate surface area is 123 Å². The van der Waals surface area contributed by atoms with Crippen LogP contribution >= 0.6 is 0 Å². The van der Waals surface area contributed by atoms with Crippen molar-refractivity contribution in [1.82, 2.24) is 0 Å². The van der Waals surface area contributed by atoms with Crippen LogP contribution in [0.1, 0.15) is 38.8 Å². The van der Waals surface area contributed by atoms with Crippen molar-refractivity contribution in [2.75, 3.05) is 0 Å². The SMILES string of the molecule is C/C=C\C(=C/C(C)C)c1cccc(C/C=C(/C)C=N)c1. The molecule has 1 nitrogen and oxygen atoms in total. The van der Waals surface area contributed by atoms with Crippen molar-refractivity contribution in [2.45, 2.75) is 34.1 Å². The predicted molar refractivity (Wildman–Crippen MR) is 90.3 cm³/mol. The van der Waals surface area contributed by atoms with Crippen molar-refractivity contribution >= 4 is 11.8 Å². The molecule has 0 bridgehead atoms. The zero-order valence-corrected chi connectivity index (χ0v) is 13.0. The van der Waals surface area contributed by atoms with E-state index in [1.807, 2.05) is 13.8 Å². The maximum Gasteiger partial charge on any atom is 0.0203 e. The molecule has 0 amide bonds. The lowest BCUT2D eigenvalue weighted by Crippen LogP contribution is -1.89. The highest BCUT2D eigenvalue weighted by Crippen LogP contribution is 2.20. The summed E-state index contributed by atoms with van der Waals surface area (Å²) in [4.78, 5) is 0. The monoisotopic (exact) mass is 267 g/mol. The first kappa shape index (κ1) is 16.2. The van der Waals surface area contributed by atoms with Gasteiger partial charge < -0.3 is 5.41 Å². The molecule has 0 aliphatic rings. The lowest BCUT2D eigenvalue weighted by molar-refractivity contribution is 0.834. The summed E-state index contributed by atoms with van der Waals surface area (Å²) in [5.41, 5.74) is 4.82. The van der Waals surface area contributed by atoms with Gasteiger partial charge in [-0.25, -0.2) is 0 Å². The van der Waals surface area contributed by atoms with E-state index in [-0.39, 0.29) is 0 Å². The molecule has 0 saturated heterocycles. The first-order valence-corrected chi connectivity index (χ1v) is 7.18. The molecule has 0 fully saturated rings. The topological polar surface area (TPSA) is 23.9 Å². The Kier molecular flexibility index (Phi) is 6.72. The smallest absolute Gasteiger partial charge is 0.0203 e. The molecule has 1 heteroatoms. The average molecular weight is 267 g/mol. The van der Waals surface area contributed by atoms with Crippen LogP contribution in [0.15, 0.2) is 54.1 Å². The summed E-state index contributed by atoms with van der Waals surface area (Å²) >= 11 is 0. The Morgan fingerprint density at radius 1 is 1.30 bits per heavy atom. The molecule has 0 radical (unpaired) electrons. The second-order valence-electron chi connectivity index (χ2n) is 5.36. The lowest BCUT2D eigenvalue weighted by Gasteiger charge is -2.07. The van der Waals surface area contributed by atoms with Gasteiger partial charge in [0.2, 0.25) is 0 Å². The van der Waals surface area contributed by atoms with Gasteiger partial charge in [0, 0.05) is 6.21 Å². The Hall–Kier alpha value is -1.89. The molecular weight excluding hydrogens is 242 g/mol. The molecule has 0 unspecified atom stereocenters. The highest BCUT2D eigenvalue weighted by atomic mass is 14.3. The van der Waals surface area contributed by atoms with Crippen LogP contribution < -0.4 is 0 Å². The largest absolute Gasteiger partial charge is 0.308 e. The van der Waals surface area contributed by atoms with Crippen LogP contribution in [0, 0.1) is 11.3 Å². The van der Waals surface area contributed by atoms with Gasteiger partial charge in [-0.05, 0) is 48.5 Å². The van der Waals surface area contributed by atoms with E-state index < -0.39 is 0 Å². The minimum Gasteiger partial charge on any atom is -0.308 e. The lowest BCUT2D eigenvalue weighted by atomic mass is 9.98. The number of hydrogen-bond acceptors (Lipinski definition) is 1. The van der Waals surface area contributed by atoms with Crippen LogP contribution in [-0.4, -0.2) is 6.21 Å². The minimum absolute atomic E-state index is 0.532. The molecule has 1 aromatic rings. The summed E-state index contributed by atoms with van der Waals surface area (Å²) in [6.45, 7) is 8.40. The van der Waals surface area contributed by atoms with Crippen LogP contribution in [0.5, 0.6) is 0 Å². The minimum atomic E-state index is 0.532. The van der Waals surface area contributed by atoms with Crippen molar-refractivity contribution in [2.24, 2.45) is 5.92 Å². The van der Waals surface area contributed by atoms with Gasteiger partial charge in [0.1, 0.15) is 0 Å². The molecule has 0 spiro atoms. The molecule has 106 valence electrons. The van der Waals surface area contributed by atoms with Gasteiger partial charge in [0.15, 0.2) is 0 Å². The summed E-state index contributed by atoms with van der Waals surface area (Å²) in [7, 11) is 0. The molecule has 0 saturated carbocycles. The van der Waals surface area contributed by atoms with E-state index in [4.69, 9.17) is 5.41 Å². The van der Waals surface area contributed by atoms with Crippen LogP contribution in [0.2, 0.25) is 0 Å². The number of nitrogens with one attached hydrogen (secondary N) is 1. The van der Waals surface area contributed by atoms with E-state index >= 15 is 0 Å². The Morgan fingerprint density at radius 2 is 2.05 bits per heavy atom. The van der Waals surface area contributed by atoms with Gasteiger partial charge in [-0.1, -0.05) is 62.4 Å². The molecule has 1 N–H and O–H groups in total. The first-order valence-electron chi connectivity index (χ1n) is 7.18. The molecular formula is C19H25N. The Morgan fingerprint density at radius 3 is 2.65 bits per heavy atom. The van der Waals surface area contributed by atoms with Crippen LogP contribution in [0.4, 0.5) is 0 Å². The third kappa shape index (κ3) is 5.40. The predicted octanol–water partition coefficient (Wildman–Crippen LogP) is 5.44. The second-order valence-corrected chi connectivity index (χ2v) is 5.36. The molecule has 0 aliphatic carbocycles. The van der Waals surface area contributed by atoms with Gasteiger partial charge in [-0.3, -0.25) is 0 Å². The van der Waals surface area contributed by atoms with Gasteiger partial charge in [-0.15, -0.1) is 0 Å². The van der Waals surface area contributed by atoms with Gasteiger partial charge in [-0.2, -0.15) is 0 Å². The fourth-order valence-corrected chi connectivity index (χ4v) is 2.00. The van der Waals surface area contributed by atoms with E-state index in [1.165, 1.54) is 22.9 Å². The van der Waals surface area contributed by atoms with Crippen molar-refractivity contribution in [1.29, 1.82) is 5.41 Å². The van der Waals surface area contributed by atoms with E-state index in [2.05, 4.69) is 62.4 Å². The summed E-state index contributed by atoms with van der Waals surface area (Å²) < 4.78 is 0. The number of rotatable bonds is 6.